The molecule has 88 valence electrons. The molecule has 0 aliphatic rings. The highest BCUT2D eigenvalue weighted by Gasteiger charge is 2.04. The van der Waals surface area contributed by atoms with Crippen molar-refractivity contribution < 1.29 is 9.59 Å². The van der Waals surface area contributed by atoms with Crippen molar-refractivity contribution in [3.05, 3.63) is 12.4 Å². The number of hydrogen-bond acceptors (Lipinski definition) is 4. The lowest BCUT2D eigenvalue weighted by Crippen LogP contribution is -2.43. The predicted molar refractivity (Wildman–Crippen MR) is 55.8 cm³/mol. The Hall–Kier alpha value is -1.92. The van der Waals surface area contributed by atoms with Crippen LogP contribution in [0.1, 0.15) is 26.2 Å². The van der Waals surface area contributed by atoms with E-state index in [9.17, 15) is 9.59 Å². The third-order valence-electron chi connectivity index (χ3n) is 1.88. The number of amides is 2. The van der Waals surface area contributed by atoms with E-state index in [1.54, 1.807) is 6.20 Å². The van der Waals surface area contributed by atoms with Crippen LogP contribution >= 0.6 is 0 Å². The van der Waals surface area contributed by atoms with E-state index in [0.29, 0.717) is 6.42 Å². The molecular weight excluding hydrogens is 210 g/mol. The van der Waals surface area contributed by atoms with Crippen molar-refractivity contribution in [3.63, 3.8) is 0 Å². The molecule has 1 aromatic rings. The van der Waals surface area contributed by atoms with E-state index in [-0.39, 0.29) is 18.4 Å². The summed E-state index contributed by atoms with van der Waals surface area (Å²) in [6, 6.07) is 0. The maximum absolute atomic E-state index is 11.3. The summed E-state index contributed by atoms with van der Waals surface area (Å²) >= 11 is 0. The molecule has 0 atom stereocenters. The Morgan fingerprint density at radius 2 is 2.06 bits per heavy atom. The Labute approximate surface area is 93.2 Å². The highest BCUT2D eigenvalue weighted by atomic mass is 16.2. The molecule has 0 spiro atoms. The van der Waals surface area contributed by atoms with Gasteiger partial charge in [-0.15, -0.1) is 5.10 Å². The summed E-state index contributed by atoms with van der Waals surface area (Å²) in [6.07, 6.45) is 5.22. The summed E-state index contributed by atoms with van der Waals surface area (Å²) in [6.45, 7) is 2.03. The van der Waals surface area contributed by atoms with E-state index in [2.05, 4.69) is 21.2 Å². The lowest BCUT2D eigenvalue weighted by atomic mass is 10.2. The van der Waals surface area contributed by atoms with Gasteiger partial charge in [-0.3, -0.25) is 20.4 Å². The fraction of sp³-hybridized carbons (Fsp3) is 0.556. The van der Waals surface area contributed by atoms with Gasteiger partial charge in [0.1, 0.15) is 6.54 Å². The van der Waals surface area contributed by atoms with Crippen LogP contribution in [-0.4, -0.2) is 26.8 Å². The third-order valence-corrected chi connectivity index (χ3v) is 1.88. The molecule has 1 heterocycles. The van der Waals surface area contributed by atoms with Crippen LogP contribution in [0.5, 0.6) is 0 Å². The number of hydrazine groups is 1. The molecule has 2 N–H and O–H groups in total. The lowest BCUT2D eigenvalue weighted by Gasteiger charge is -2.06. The Bertz CT molecular complexity index is 336. The van der Waals surface area contributed by atoms with Crippen molar-refractivity contribution >= 4 is 11.8 Å². The van der Waals surface area contributed by atoms with Gasteiger partial charge in [0, 0.05) is 12.6 Å². The molecule has 0 aliphatic carbocycles. The van der Waals surface area contributed by atoms with Gasteiger partial charge in [-0.1, -0.05) is 18.6 Å². The first kappa shape index (κ1) is 12.2. The number of hydrogen-bond donors (Lipinski definition) is 2. The standard InChI is InChI=1S/C9H15N5O2/c1-2-3-4-8(15)11-12-9(16)7-14-6-5-10-13-14/h5-6H,2-4,7H2,1H3,(H,11,15)(H,12,16). The quantitative estimate of drug-likeness (QED) is 0.668. The summed E-state index contributed by atoms with van der Waals surface area (Å²) < 4.78 is 1.37. The third kappa shape index (κ3) is 4.54. The van der Waals surface area contributed by atoms with Crippen LogP contribution in [0.25, 0.3) is 0 Å². The zero-order valence-electron chi connectivity index (χ0n) is 9.14. The zero-order chi connectivity index (χ0) is 11.8. The van der Waals surface area contributed by atoms with Crippen LogP contribution in [0.4, 0.5) is 0 Å². The molecule has 0 saturated carbocycles. The van der Waals surface area contributed by atoms with Crippen LogP contribution in [0.3, 0.4) is 0 Å². The molecule has 0 aromatic carbocycles. The maximum atomic E-state index is 11.3. The largest absolute Gasteiger partial charge is 0.273 e. The van der Waals surface area contributed by atoms with Crippen LogP contribution in [-0.2, 0) is 16.1 Å². The molecular formula is C9H15N5O2. The molecule has 0 fully saturated rings. The molecule has 0 saturated heterocycles. The molecule has 7 heteroatoms. The van der Waals surface area contributed by atoms with E-state index in [0.717, 1.165) is 12.8 Å². The topological polar surface area (TPSA) is 88.9 Å². The first-order valence-electron chi connectivity index (χ1n) is 5.14. The molecule has 0 bridgehead atoms. The summed E-state index contributed by atoms with van der Waals surface area (Å²) in [5.74, 6) is -0.524. The van der Waals surface area contributed by atoms with Crippen molar-refractivity contribution in [1.29, 1.82) is 0 Å². The highest BCUT2D eigenvalue weighted by molar-refractivity contribution is 5.81. The van der Waals surface area contributed by atoms with Gasteiger partial charge in [-0.25, -0.2) is 4.68 Å². The van der Waals surface area contributed by atoms with Crippen molar-refractivity contribution in [2.45, 2.75) is 32.7 Å². The van der Waals surface area contributed by atoms with Gasteiger partial charge < -0.3 is 0 Å². The Kier molecular flexibility index (Phi) is 4.97. The Balaban J connectivity index is 2.17. The van der Waals surface area contributed by atoms with Gasteiger partial charge in [0.2, 0.25) is 5.91 Å². The van der Waals surface area contributed by atoms with E-state index in [1.165, 1.54) is 10.9 Å². The average Bonchev–Trinajstić information content (AvgIpc) is 2.76. The fourth-order valence-corrected chi connectivity index (χ4v) is 1.04. The lowest BCUT2D eigenvalue weighted by molar-refractivity contribution is -0.129. The molecule has 7 nitrogen and oxygen atoms in total. The summed E-state index contributed by atoms with van der Waals surface area (Å²) in [5.41, 5.74) is 4.63. The van der Waals surface area contributed by atoms with Crippen LogP contribution in [0.15, 0.2) is 12.4 Å². The highest BCUT2D eigenvalue weighted by Crippen LogP contribution is 1.91. The van der Waals surface area contributed by atoms with Crippen LogP contribution in [0, 0.1) is 0 Å². The maximum Gasteiger partial charge on any atom is 0.260 e. The van der Waals surface area contributed by atoms with Gasteiger partial charge in [-0.05, 0) is 6.42 Å². The molecule has 2 amide bonds. The second-order valence-electron chi connectivity index (χ2n) is 3.30. The predicted octanol–water partition coefficient (Wildman–Crippen LogP) is -0.384. The van der Waals surface area contributed by atoms with E-state index in [4.69, 9.17) is 0 Å². The van der Waals surface area contributed by atoms with Crippen molar-refractivity contribution in [1.82, 2.24) is 25.8 Å². The van der Waals surface area contributed by atoms with Crippen molar-refractivity contribution in [2.24, 2.45) is 0 Å². The van der Waals surface area contributed by atoms with E-state index in [1.807, 2.05) is 6.92 Å². The van der Waals surface area contributed by atoms with Crippen LogP contribution < -0.4 is 10.9 Å². The fourth-order valence-electron chi connectivity index (χ4n) is 1.04. The van der Waals surface area contributed by atoms with E-state index >= 15 is 0 Å². The molecule has 1 aromatic heterocycles. The first-order chi connectivity index (χ1) is 7.72. The zero-order valence-corrected chi connectivity index (χ0v) is 9.14. The average molecular weight is 225 g/mol. The minimum atomic E-state index is -0.338. The number of rotatable bonds is 5. The summed E-state index contributed by atoms with van der Waals surface area (Å²) in [4.78, 5) is 22.4. The number of nitrogens with one attached hydrogen (secondary N) is 2. The van der Waals surface area contributed by atoms with Gasteiger partial charge in [0.05, 0.1) is 6.20 Å². The smallest absolute Gasteiger partial charge is 0.260 e. The van der Waals surface area contributed by atoms with Gasteiger partial charge in [0.15, 0.2) is 0 Å². The molecule has 0 unspecified atom stereocenters. The minimum absolute atomic E-state index is 0.0358. The number of unbranched alkanes of at least 4 members (excludes halogenated alkanes) is 1. The summed E-state index contributed by atoms with van der Waals surface area (Å²) in [5, 5.41) is 7.18. The van der Waals surface area contributed by atoms with Gasteiger partial charge >= 0.3 is 0 Å². The SMILES string of the molecule is CCCCC(=O)NNC(=O)Cn1ccnn1. The monoisotopic (exact) mass is 225 g/mol. The second kappa shape index (κ2) is 6.54. The van der Waals surface area contributed by atoms with Gasteiger partial charge in [-0.2, -0.15) is 0 Å². The summed E-state index contributed by atoms with van der Waals surface area (Å²) in [7, 11) is 0. The van der Waals surface area contributed by atoms with E-state index < -0.39 is 0 Å². The normalized spacial score (nSPS) is 9.81. The molecule has 0 radical (unpaired) electrons. The van der Waals surface area contributed by atoms with Crippen LogP contribution in [0.2, 0.25) is 0 Å². The first-order valence-corrected chi connectivity index (χ1v) is 5.14. The minimum Gasteiger partial charge on any atom is -0.273 e. The Morgan fingerprint density at radius 1 is 1.31 bits per heavy atom. The molecule has 0 aliphatic heterocycles. The van der Waals surface area contributed by atoms with Gasteiger partial charge in [0.25, 0.3) is 5.91 Å². The molecule has 1 rings (SSSR count). The number of carbonyl (C=O) groups excluding carboxylic acids is 2. The Morgan fingerprint density at radius 3 is 2.69 bits per heavy atom. The van der Waals surface area contributed by atoms with Crippen molar-refractivity contribution in [2.75, 3.05) is 0 Å². The number of aromatic nitrogens is 3. The second-order valence-corrected chi connectivity index (χ2v) is 3.30. The number of nitrogens with zero attached hydrogens (tertiary/aromatic N) is 3. The molecule has 16 heavy (non-hydrogen) atoms. The van der Waals surface area contributed by atoms with Crippen molar-refractivity contribution in [3.8, 4) is 0 Å². The number of carbonyl (C=O) groups is 2.